The van der Waals surface area contributed by atoms with Gasteiger partial charge in [-0.2, -0.15) is 0 Å². The lowest BCUT2D eigenvalue weighted by Gasteiger charge is -2.21. The molecule has 0 spiro atoms. The van der Waals surface area contributed by atoms with E-state index in [9.17, 15) is 4.79 Å². The van der Waals surface area contributed by atoms with Crippen molar-refractivity contribution in [3.8, 4) is 11.5 Å². The zero-order valence-electron chi connectivity index (χ0n) is 11.2. The molecule has 1 aromatic rings. The molecule has 0 radical (unpaired) electrons. The van der Waals surface area contributed by atoms with Gasteiger partial charge >= 0.3 is 0 Å². The molecule has 1 heterocycles. The number of hydrogen-bond acceptors (Lipinski definition) is 3. The third-order valence-corrected chi connectivity index (χ3v) is 4.06. The molecular formula is C16H20O3. The van der Waals surface area contributed by atoms with Crippen LogP contribution in [0.1, 0.15) is 48.9 Å². The standard InChI is InChI=1S/C16H20O3/c17-14(10-12-4-2-1-3-5-12)13-6-7-15-16(11-13)19-9-8-18-15/h6-7,11-12H,1-5,8-10H2. The van der Waals surface area contributed by atoms with Crippen LogP contribution < -0.4 is 9.47 Å². The van der Waals surface area contributed by atoms with Crippen LogP contribution in [-0.2, 0) is 0 Å². The third kappa shape index (κ3) is 2.91. The number of Topliss-reactive ketones (excluding diaryl/α,β-unsaturated/α-hetero) is 1. The largest absolute Gasteiger partial charge is 0.486 e. The molecule has 1 aliphatic carbocycles. The Bertz CT molecular complexity index is 461. The molecule has 1 fully saturated rings. The van der Waals surface area contributed by atoms with Gasteiger partial charge < -0.3 is 9.47 Å². The maximum Gasteiger partial charge on any atom is 0.163 e. The second-order valence-corrected chi connectivity index (χ2v) is 5.49. The van der Waals surface area contributed by atoms with Gasteiger partial charge in [0.25, 0.3) is 0 Å². The molecule has 3 heteroatoms. The number of carbonyl (C=O) groups is 1. The lowest BCUT2D eigenvalue weighted by atomic mass is 9.85. The van der Waals surface area contributed by atoms with Gasteiger partial charge in [-0.05, 0) is 24.1 Å². The maximum absolute atomic E-state index is 12.3. The summed E-state index contributed by atoms with van der Waals surface area (Å²) in [6.45, 7) is 1.15. The molecule has 102 valence electrons. The first-order valence-corrected chi connectivity index (χ1v) is 7.26. The minimum Gasteiger partial charge on any atom is -0.486 e. The summed E-state index contributed by atoms with van der Waals surface area (Å²) in [6, 6.07) is 5.54. The van der Waals surface area contributed by atoms with Gasteiger partial charge in [0.15, 0.2) is 17.3 Å². The molecule has 0 N–H and O–H groups in total. The van der Waals surface area contributed by atoms with Gasteiger partial charge in [0.05, 0.1) is 0 Å². The lowest BCUT2D eigenvalue weighted by molar-refractivity contribution is 0.0949. The van der Waals surface area contributed by atoms with Gasteiger partial charge in [-0.3, -0.25) is 4.79 Å². The third-order valence-electron chi connectivity index (χ3n) is 4.06. The molecule has 0 saturated heterocycles. The predicted octanol–water partition coefficient (Wildman–Crippen LogP) is 3.61. The summed E-state index contributed by atoms with van der Waals surface area (Å²) in [4.78, 5) is 12.3. The molecule has 2 aliphatic rings. The number of hydrogen-bond donors (Lipinski definition) is 0. The van der Waals surface area contributed by atoms with Crippen molar-refractivity contribution in [2.24, 2.45) is 5.92 Å². The fraction of sp³-hybridized carbons (Fsp3) is 0.562. The molecule has 3 rings (SSSR count). The number of ketones is 1. The number of benzene rings is 1. The van der Waals surface area contributed by atoms with Gasteiger partial charge in [-0.15, -0.1) is 0 Å². The van der Waals surface area contributed by atoms with Crippen LogP contribution in [0.5, 0.6) is 11.5 Å². The fourth-order valence-corrected chi connectivity index (χ4v) is 2.99. The first-order valence-electron chi connectivity index (χ1n) is 7.26. The number of ether oxygens (including phenoxy) is 2. The van der Waals surface area contributed by atoms with Crippen LogP contribution in [0.4, 0.5) is 0 Å². The van der Waals surface area contributed by atoms with Crippen molar-refractivity contribution in [3.05, 3.63) is 23.8 Å². The van der Waals surface area contributed by atoms with E-state index < -0.39 is 0 Å². The first kappa shape index (κ1) is 12.5. The van der Waals surface area contributed by atoms with E-state index in [1.165, 1.54) is 32.1 Å². The molecule has 0 amide bonds. The molecule has 1 saturated carbocycles. The topological polar surface area (TPSA) is 35.5 Å². The molecule has 1 aliphatic heterocycles. The van der Waals surface area contributed by atoms with E-state index in [-0.39, 0.29) is 5.78 Å². The molecule has 0 atom stereocenters. The van der Waals surface area contributed by atoms with Gasteiger partial charge in [0.1, 0.15) is 13.2 Å². The highest BCUT2D eigenvalue weighted by atomic mass is 16.6. The van der Waals surface area contributed by atoms with Crippen LogP contribution >= 0.6 is 0 Å². The Balaban J connectivity index is 1.69. The Labute approximate surface area is 113 Å². The monoisotopic (exact) mass is 260 g/mol. The van der Waals surface area contributed by atoms with Crippen molar-refractivity contribution >= 4 is 5.78 Å². The molecule has 19 heavy (non-hydrogen) atoms. The smallest absolute Gasteiger partial charge is 0.163 e. The van der Waals surface area contributed by atoms with E-state index in [1.807, 2.05) is 18.2 Å². The van der Waals surface area contributed by atoms with E-state index in [2.05, 4.69) is 0 Å². The van der Waals surface area contributed by atoms with E-state index >= 15 is 0 Å². The average molecular weight is 260 g/mol. The van der Waals surface area contributed by atoms with Gasteiger partial charge in [0, 0.05) is 12.0 Å². The number of carbonyl (C=O) groups excluding carboxylic acids is 1. The van der Waals surface area contributed by atoms with Crippen molar-refractivity contribution < 1.29 is 14.3 Å². The van der Waals surface area contributed by atoms with Crippen molar-refractivity contribution in [2.75, 3.05) is 13.2 Å². The summed E-state index contributed by atoms with van der Waals surface area (Å²) in [5, 5.41) is 0. The minimum absolute atomic E-state index is 0.240. The minimum atomic E-state index is 0.240. The lowest BCUT2D eigenvalue weighted by Crippen LogP contribution is -2.16. The maximum atomic E-state index is 12.3. The number of rotatable bonds is 3. The molecular weight excluding hydrogens is 240 g/mol. The van der Waals surface area contributed by atoms with E-state index in [0.717, 1.165) is 11.3 Å². The highest BCUT2D eigenvalue weighted by Crippen LogP contribution is 2.32. The Hall–Kier alpha value is -1.51. The van der Waals surface area contributed by atoms with E-state index in [0.29, 0.717) is 31.3 Å². The summed E-state index contributed by atoms with van der Waals surface area (Å²) < 4.78 is 11.0. The van der Waals surface area contributed by atoms with Crippen molar-refractivity contribution in [2.45, 2.75) is 38.5 Å². The summed E-state index contributed by atoms with van der Waals surface area (Å²) in [5.74, 6) is 2.28. The Morgan fingerprint density at radius 2 is 1.79 bits per heavy atom. The highest BCUT2D eigenvalue weighted by molar-refractivity contribution is 5.96. The van der Waals surface area contributed by atoms with E-state index in [4.69, 9.17) is 9.47 Å². The normalized spacial score (nSPS) is 19.2. The molecule has 3 nitrogen and oxygen atoms in total. The van der Waals surface area contributed by atoms with Crippen LogP contribution in [0.2, 0.25) is 0 Å². The zero-order chi connectivity index (χ0) is 13.1. The summed E-state index contributed by atoms with van der Waals surface area (Å²) in [7, 11) is 0. The van der Waals surface area contributed by atoms with E-state index in [1.54, 1.807) is 0 Å². The Kier molecular flexibility index (Phi) is 3.72. The van der Waals surface area contributed by atoms with Crippen LogP contribution in [0, 0.1) is 5.92 Å². The second-order valence-electron chi connectivity index (χ2n) is 5.49. The molecule has 0 unspecified atom stereocenters. The number of fused-ring (bicyclic) bond motifs is 1. The van der Waals surface area contributed by atoms with Gasteiger partial charge in [-0.25, -0.2) is 0 Å². The summed E-state index contributed by atoms with van der Waals surface area (Å²) in [5.41, 5.74) is 0.759. The van der Waals surface area contributed by atoms with Crippen LogP contribution in [-0.4, -0.2) is 19.0 Å². The zero-order valence-corrected chi connectivity index (χ0v) is 11.2. The average Bonchev–Trinajstić information content (AvgIpc) is 2.48. The Morgan fingerprint density at radius 1 is 1.05 bits per heavy atom. The molecule has 1 aromatic carbocycles. The SMILES string of the molecule is O=C(CC1CCCCC1)c1ccc2c(c1)OCCO2. The van der Waals surface area contributed by atoms with Crippen molar-refractivity contribution in [3.63, 3.8) is 0 Å². The molecule has 0 aromatic heterocycles. The van der Waals surface area contributed by atoms with Gasteiger partial charge in [0.2, 0.25) is 0 Å². The molecule has 0 bridgehead atoms. The van der Waals surface area contributed by atoms with Crippen LogP contribution in [0.15, 0.2) is 18.2 Å². The first-order chi connectivity index (χ1) is 9.33. The summed E-state index contributed by atoms with van der Waals surface area (Å²) in [6.07, 6.45) is 6.97. The van der Waals surface area contributed by atoms with Crippen molar-refractivity contribution in [1.29, 1.82) is 0 Å². The van der Waals surface area contributed by atoms with Crippen LogP contribution in [0.3, 0.4) is 0 Å². The van der Waals surface area contributed by atoms with Gasteiger partial charge in [-0.1, -0.05) is 32.1 Å². The van der Waals surface area contributed by atoms with Crippen molar-refractivity contribution in [1.82, 2.24) is 0 Å². The fourth-order valence-electron chi connectivity index (χ4n) is 2.99. The predicted molar refractivity (Wildman–Crippen MR) is 73.0 cm³/mol. The second kappa shape index (κ2) is 5.64. The summed E-state index contributed by atoms with van der Waals surface area (Å²) >= 11 is 0. The quantitative estimate of drug-likeness (QED) is 0.779. The Morgan fingerprint density at radius 3 is 2.58 bits per heavy atom. The highest BCUT2D eigenvalue weighted by Gasteiger charge is 2.20. The van der Waals surface area contributed by atoms with Crippen LogP contribution in [0.25, 0.3) is 0 Å².